The minimum atomic E-state index is -2.06. The quantitative estimate of drug-likeness (QED) is 0.0248. The predicted octanol–water partition coefficient (Wildman–Crippen LogP) is 22.0. The zero-order valence-electron chi connectivity index (χ0n) is 62.5. The number of hydrogen-bond donors (Lipinski definition) is 3. The van der Waals surface area contributed by atoms with E-state index in [9.17, 15) is 29.4 Å². The maximum absolute atomic E-state index is 14.7. The molecular formula is C86H130N2O12. The Labute approximate surface area is 601 Å². The minimum Gasteiger partial charge on any atom is -0.497 e. The molecule has 0 bridgehead atoms. The van der Waals surface area contributed by atoms with E-state index in [1.54, 1.807) is 21.1 Å². The number of methoxy groups -OCH3 is 2. The van der Waals surface area contributed by atoms with E-state index in [-0.39, 0.29) is 25.0 Å². The number of carboxylic acids is 2. The Kier molecular flexibility index (Phi) is 40.0. The van der Waals surface area contributed by atoms with Crippen LogP contribution < -0.4 is 30.2 Å². The molecule has 5 aromatic rings. The van der Waals surface area contributed by atoms with E-state index >= 15 is 0 Å². The Hall–Kier alpha value is -6.38. The highest BCUT2D eigenvalue weighted by atomic mass is 16.6. The van der Waals surface area contributed by atoms with Gasteiger partial charge in [0.1, 0.15) is 34.8 Å². The molecule has 0 spiro atoms. The fraction of sp³-hybridized carbons (Fsp3) is 0.651. The summed E-state index contributed by atoms with van der Waals surface area (Å²) in [4.78, 5) is 57.2. The number of unbranched alkanes of at least 4 members (excludes halogenated alkanes) is 38. The van der Waals surface area contributed by atoms with Crippen LogP contribution in [0.25, 0.3) is 0 Å². The average Bonchev–Trinajstić information content (AvgIpc) is 1.27. The number of nitrogens with zero attached hydrogens (tertiary/aromatic N) is 1. The van der Waals surface area contributed by atoms with Crippen LogP contribution in [0.4, 0.5) is 0 Å². The number of H-pyrrole nitrogens is 1. The normalized spacial score (nSPS) is 15.2. The minimum absolute atomic E-state index is 0.112. The number of aromatic amines is 1. The number of aromatic nitrogens is 2. The highest BCUT2D eigenvalue weighted by molar-refractivity contribution is 5.82. The third-order valence-corrected chi connectivity index (χ3v) is 21.0. The fourth-order valence-electron chi connectivity index (χ4n) is 15.0. The zero-order valence-corrected chi connectivity index (χ0v) is 62.5. The van der Waals surface area contributed by atoms with E-state index in [1.807, 2.05) is 97.1 Å². The van der Waals surface area contributed by atoms with Crippen LogP contribution in [0.5, 0.6) is 23.0 Å². The van der Waals surface area contributed by atoms with Crippen molar-refractivity contribution in [3.05, 3.63) is 152 Å². The van der Waals surface area contributed by atoms with Crippen molar-refractivity contribution in [2.45, 2.75) is 315 Å². The van der Waals surface area contributed by atoms with Crippen molar-refractivity contribution in [2.24, 2.45) is 11.3 Å². The van der Waals surface area contributed by atoms with Gasteiger partial charge < -0.3 is 38.6 Å². The smallest absolute Gasteiger partial charge is 0.330 e. The third kappa shape index (κ3) is 28.5. The van der Waals surface area contributed by atoms with Crippen molar-refractivity contribution in [3.63, 3.8) is 0 Å². The monoisotopic (exact) mass is 1380 g/mol. The molecule has 14 heteroatoms. The fourth-order valence-corrected chi connectivity index (χ4v) is 15.0. The Balaban J connectivity index is 1.15. The van der Waals surface area contributed by atoms with Crippen LogP contribution >= 0.6 is 0 Å². The van der Waals surface area contributed by atoms with Gasteiger partial charge in [0.15, 0.2) is 0 Å². The second-order valence-electron chi connectivity index (χ2n) is 28.9. The Morgan fingerprint density at radius 3 is 1.30 bits per heavy atom. The molecule has 14 nitrogen and oxygen atoms in total. The lowest BCUT2D eigenvalue weighted by Gasteiger charge is -2.40. The van der Waals surface area contributed by atoms with Crippen molar-refractivity contribution in [1.82, 2.24) is 9.55 Å². The molecule has 100 heavy (non-hydrogen) atoms. The first-order chi connectivity index (χ1) is 48.9. The number of nitrogens with one attached hydrogen (secondary N) is 1. The van der Waals surface area contributed by atoms with Gasteiger partial charge in [-0.2, -0.15) is 0 Å². The van der Waals surface area contributed by atoms with E-state index < -0.39 is 58.9 Å². The molecular weight excluding hydrogens is 1250 g/mol. The second-order valence-corrected chi connectivity index (χ2v) is 28.9. The topological polar surface area (TPSA) is 185 Å². The molecule has 1 saturated heterocycles. The third-order valence-electron chi connectivity index (χ3n) is 21.0. The summed E-state index contributed by atoms with van der Waals surface area (Å²) in [5.41, 5.74) is -1.82. The maximum atomic E-state index is 14.7. The highest BCUT2D eigenvalue weighted by Crippen LogP contribution is 2.51. The number of ether oxygens (including phenoxy) is 6. The van der Waals surface area contributed by atoms with Gasteiger partial charge in [-0.3, -0.25) is 23.9 Å². The van der Waals surface area contributed by atoms with E-state index in [4.69, 9.17) is 28.4 Å². The van der Waals surface area contributed by atoms with Crippen molar-refractivity contribution in [2.75, 3.05) is 34.0 Å². The van der Waals surface area contributed by atoms with Crippen LogP contribution in [0.3, 0.4) is 0 Å². The molecule has 0 saturated carbocycles. The van der Waals surface area contributed by atoms with Gasteiger partial charge in [0, 0.05) is 23.7 Å². The van der Waals surface area contributed by atoms with E-state index in [0.717, 1.165) is 50.5 Å². The lowest BCUT2D eigenvalue weighted by Crippen LogP contribution is -2.48. The van der Waals surface area contributed by atoms with Crippen LogP contribution in [0, 0.1) is 18.3 Å². The van der Waals surface area contributed by atoms with Crippen molar-refractivity contribution in [1.29, 1.82) is 0 Å². The second kappa shape index (κ2) is 48.5. The molecule has 6 rings (SSSR count). The summed E-state index contributed by atoms with van der Waals surface area (Å²) in [6.45, 7) is 6.76. The first-order valence-electron chi connectivity index (χ1n) is 39.7. The van der Waals surface area contributed by atoms with Gasteiger partial charge in [0.2, 0.25) is 0 Å². The lowest BCUT2D eigenvalue weighted by molar-refractivity contribution is -0.163. The summed E-state index contributed by atoms with van der Waals surface area (Å²) >= 11 is 0. The van der Waals surface area contributed by atoms with Crippen LogP contribution in [-0.2, 0) is 31.1 Å². The maximum Gasteiger partial charge on any atom is 0.330 e. The Morgan fingerprint density at radius 2 is 0.900 bits per heavy atom. The number of aryl methyl sites for hydroxylation is 1. The van der Waals surface area contributed by atoms with E-state index in [2.05, 4.69) is 18.8 Å². The van der Waals surface area contributed by atoms with Crippen molar-refractivity contribution in [3.8, 4) is 23.0 Å². The number of rotatable bonds is 59. The Bertz CT molecular complexity index is 3060. The molecule has 1 aliphatic heterocycles. The van der Waals surface area contributed by atoms with Gasteiger partial charge in [-0.05, 0) is 85.2 Å². The molecule has 3 N–H and O–H groups in total. The average molecular weight is 1380 g/mol. The summed E-state index contributed by atoms with van der Waals surface area (Å²) in [5.74, 6) is -1.49. The van der Waals surface area contributed by atoms with E-state index in [0.29, 0.717) is 52.9 Å². The van der Waals surface area contributed by atoms with Crippen LogP contribution in [0.15, 0.2) is 113 Å². The standard InChI is InChI=1S/C86H130N2O12/c1-6-8-10-12-14-16-18-20-22-24-26-28-30-32-34-36-38-40-42-47-61-97-76-56-51-70(78(63-76)98-62-48-43-41-39-37-35-33-31-29-27-25-23-21-19-17-15-13-11-9-7-2)65-85(83(92)93,66-81(89)90)77-64-80(88-67-69(3)82(91)87-84(88)94)100-79(77)68-99-86(71-49-45-44-46-50-71,72-52-57-74(95-4)58-53-72)73-54-59-75(96-5)60-55-73/h44-46,49-60,63,67,77,79-80H,6-43,47-48,61-62,64-66,68H2,1-5H3,(H,89,90)(H,92,93)(H,87,91,94)/t77-,79-,80-,85?/m1/s1. The van der Waals surface area contributed by atoms with Gasteiger partial charge in [-0.25, -0.2) is 4.79 Å². The van der Waals surface area contributed by atoms with Crippen molar-refractivity contribution >= 4 is 11.9 Å². The molecule has 4 atom stereocenters. The van der Waals surface area contributed by atoms with Crippen LogP contribution in [-0.4, -0.2) is 71.8 Å². The number of carboxylic acid groups (broad SMARTS) is 2. The zero-order chi connectivity index (χ0) is 71.3. The summed E-state index contributed by atoms with van der Waals surface area (Å²) in [5, 5.41) is 22.9. The SMILES string of the molecule is CCCCCCCCCCCCCCCCCCCCCCOc1ccc(CC(CC(=O)O)(C(=O)O)[C@@H]2C[C@H](n3cc(C)c(=O)[nH]c3=O)O[C@@H]2COC(c2ccccc2)(c2ccc(OC)cc2)c2ccc(OC)cc2)c(OCCCCCCCCCCCCCCCCCCCCCC)c1. The van der Waals surface area contributed by atoms with Gasteiger partial charge >= 0.3 is 17.6 Å². The van der Waals surface area contributed by atoms with E-state index in [1.165, 1.54) is 223 Å². The largest absolute Gasteiger partial charge is 0.497 e. The molecule has 556 valence electrons. The van der Waals surface area contributed by atoms with Gasteiger partial charge in [0.25, 0.3) is 5.56 Å². The van der Waals surface area contributed by atoms with Gasteiger partial charge in [0.05, 0.1) is 52.0 Å². The summed E-state index contributed by atoms with van der Waals surface area (Å²) in [6.07, 6.45) is 49.7. The summed E-state index contributed by atoms with van der Waals surface area (Å²) in [7, 11) is 3.19. The molecule has 1 aliphatic rings. The molecule has 0 radical (unpaired) electrons. The molecule has 1 aromatic heterocycles. The molecule has 0 amide bonds. The van der Waals surface area contributed by atoms with Crippen molar-refractivity contribution < 1.29 is 48.2 Å². The highest BCUT2D eigenvalue weighted by Gasteiger charge is 2.56. The molecule has 0 aliphatic carbocycles. The summed E-state index contributed by atoms with van der Waals surface area (Å²) < 4.78 is 40.0. The number of benzene rings is 4. The molecule has 1 fully saturated rings. The number of aliphatic carboxylic acids is 2. The van der Waals surface area contributed by atoms with Crippen LogP contribution in [0.2, 0.25) is 0 Å². The summed E-state index contributed by atoms with van der Waals surface area (Å²) in [6, 6.07) is 30.2. The van der Waals surface area contributed by atoms with Gasteiger partial charge in [-0.1, -0.05) is 319 Å². The van der Waals surface area contributed by atoms with Gasteiger partial charge in [-0.15, -0.1) is 0 Å². The first-order valence-corrected chi connectivity index (χ1v) is 39.7. The molecule has 1 unspecified atom stereocenters. The molecule has 4 aromatic carbocycles. The molecule has 2 heterocycles. The Morgan fingerprint density at radius 1 is 0.510 bits per heavy atom. The predicted molar refractivity (Wildman–Crippen MR) is 406 cm³/mol. The lowest BCUT2D eigenvalue weighted by atomic mass is 9.66. The number of carbonyl (C=O) groups is 2. The van der Waals surface area contributed by atoms with Crippen LogP contribution in [0.1, 0.15) is 318 Å². The first kappa shape index (κ1) is 82.6. The number of hydrogen-bond acceptors (Lipinski definition) is 10.